The Kier molecular flexibility index (Phi) is 12.5. The molecular formula is C22H37N5O9S. The Morgan fingerprint density at radius 3 is 2.03 bits per heavy atom. The van der Waals surface area contributed by atoms with E-state index in [1.807, 2.05) is 0 Å². The van der Waals surface area contributed by atoms with E-state index in [-0.39, 0.29) is 18.7 Å². The van der Waals surface area contributed by atoms with Gasteiger partial charge in [0.25, 0.3) is 21.9 Å². The fourth-order valence-electron chi connectivity index (χ4n) is 3.60. The van der Waals surface area contributed by atoms with Crippen molar-refractivity contribution in [2.45, 2.75) is 70.6 Å². The van der Waals surface area contributed by atoms with E-state index in [9.17, 15) is 36.9 Å². The van der Waals surface area contributed by atoms with Crippen molar-refractivity contribution in [2.75, 3.05) is 13.1 Å². The van der Waals surface area contributed by atoms with E-state index in [4.69, 9.17) is 10.8 Å². The monoisotopic (exact) mass is 547 g/mol. The molecule has 0 saturated heterocycles. The lowest BCUT2D eigenvalue weighted by atomic mass is 9.96. The summed E-state index contributed by atoms with van der Waals surface area (Å²) < 4.78 is 33.4. The molecule has 1 heterocycles. The molecule has 7 N–H and O–H groups in total. The average molecular weight is 548 g/mol. The zero-order valence-electron chi connectivity index (χ0n) is 21.3. The zero-order chi connectivity index (χ0) is 28.5. The van der Waals surface area contributed by atoms with Gasteiger partial charge in [0.1, 0.15) is 6.04 Å². The summed E-state index contributed by atoms with van der Waals surface area (Å²) in [7, 11) is -4.96. The van der Waals surface area contributed by atoms with E-state index in [0.29, 0.717) is 6.42 Å². The zero-order valence-corrected chi connectivity index (χ0v) is 22.2. The summed E-state index contributed by atoms with van der Waals surface area (Å²) in [5, 5.41) is 14.5. The molecule has 4 amide bonds. The number of Topliss-reactive ketones (excluding diaryl/α,β-unsaturated/α-hetero) is 1. The van der Waals surface area contributed by atoms with E-state index in [1.54, 1.807) is 27.7 Å². The standard InChI is InChI=1S/C22H37N5O9S/c1-12(2)18(21(32)25-14(19(30)13(3)4)6-5-10-24-22(23)33)26-20(31)15(37(34,35)36)9-11-27-16(28)7-8-17(27)29/h7-8,12-15,18,22,24,33H,5-6,9-11,23H2,1-4H3,(H,25,32)(H,26,31)(H,34,35,36)/t14-,15-,18-,22?/m0/s1. The van der Waals surface area contributed by atoms with Crippen molar-refractivity contribution in [3.8, 4) is 0 Å². The van der Waals surface area contributed by atoms with Crippen LogP contribution in [-0.2, 0) is 34.1 Å². The molecule has 1 rings (SSSR count). The molecule has 0 bridgehead atoms. The fourth-order valence-corrected chi connectivity index (χ4v) is 4.34. The molecule has 14 nitrogen and oxygen atoms in total. The van der Waals surface area contributed by atoms with Crippen molar-refractivity contribution >= 4 is 39.5 Å². The molecule has 1 aliphatic rings. The van der Waals surface area contributed by atoms with Crippen molar-refractivity contribution in [1.29, 1.82) is 0 Å². The Balaban J connectivity index is 2.96. The number of nitrogens with two attached hydrogens (primary N) is 1. The van der Waals surface area contributed by atoms with Gasteiger partial charge in [0.2, 0.25) is 11.8 Å². The van der Waals surface area contributed by atoms with Crippen LogP contribution in [0.3, 0.4) is 0 Å². The second-order valence-electron chi connectivity index (χ2n) is 9.34. The first-order chi connectivity index (χ1) is 17.1. The maximum atomic E-state index is 13.1. The first-order valence-electron chi connectivity index (χ1n) is 11.9. The number of amides is 4. The predicted molar refractivity (Wildman–Crippen MR) is 132 cm³/mol. The minimum Gasteiger partial charge on any atom is -0.366 e. The van der Waals surface area contributed by atoms with Gasteiger partial charge in [-0.05, 0) is 31.7 Å². The Morgan fingerprint density at radius 1 is 1.00 bits per heavy atom. The van der Waals surface area contributed by atoms with Gasteiger partial charge in [0.15, 0.2) is 17.4 Å². The summed E-state index contributed by atoms with van der Waals surface area (Å²) in [4.78, 5) is 62.7. The summed E-state index contributed by atoms with van der Waals surface area (Å²) >= 11 is 0. The van der Waals surface area contributed by atoms with E-state index in [1.165, 1.54) is 0 Å². The molecule has 0 radical (unpaired) electrons. The quantitative estimate of drug-likeness (QED) is 0.0537. The highest BCUT2D eigenvalue weighted by molar-refractivity contribution is 7.87. The van der Waals surface area contributed by atoms with E-state index < -0.39 is 82.2 Å². The number of ketones is 1. The molecule has 0 aromatic rings. The number of imide groups is 1. The number of aliphatic hydroxyl groups is 1. The molecule has 0 aliphatic carbocycles. The number of rotatable bonds is 16. The van der Waals surface area contributed by atoms with Gasteiger partial charge in [0.05, 0.1) is 6.04 Å². The third-order valence-corrected chi connectivity index (χ3v) is 6.84. The molecule has 4 atom stereocenters. The van der Waals surface area contributed by atoms with Crippen LogP contribution in [0.25, 0.3) is 0 Å². The summed E-state index contributed by atoms with van der Waals surface area (Å²) in [6.45, 7) is 6.32. The van der Waals surface area contributed by atoms with Crippen molar-refractivity contribution in [1.82, 2.24) is 20.9 Å². The van der Waals surface area contributed by atoms with Gasteiger partial charge >= 0.3 is 0 Å². The van der Waals surface area contributed by atoms with Crippen LogP contribution in [0, 0.1) is 11.8 Å². The van der Waals surface area contributed by atoms with Crippen LogP contribution in [-0.4, -0.2) is 89.2 Å². The highest BCUT2D eigenvalue weighted by atomic mass is 32.2. The predicted octanol–water partition coefficient (Wildman–Crippen LogP) is -1.99. The first kappa shape index (κ1) is 32.3. The molecule has 210 valence electrons. The number of nitrogens with zero attached hydrogens (tertiary/aromatic N) is 1. The van der Waals surface area contributed by atoms with E-state index in [2.05, 4.69) is 16.0 Å². The minimum atomic E-state index is -4.96. The maximum absolute atomic E-state index is 13.1. The van der Waals surface area contributed by atoms with Gasteiger partial charge < -0.3 is 15.7 Å². The molecule has 0 fully saturated rings. The summed E-state index contributed by atoms with van der Waals surface area (Å²) in [5.74, 6) is -4.53. The van der Waals surface area contributed by atoms with Gasteiger partial charge in [-0.1, -0.05) is 27.7 Å². The third-order valence-electron chi connectivity index (χ3n) is 5.67. The highest BCUT2D eigenvalue weighted by Crippen LogP contribution is 2.13. The lowest BCUT2D eigenvalue weighted by Crippen LogP contribution is -2.56. The topological polar surface area (TPSA) is 225 Å². The number of carbonyl (C=O) groups is 5. The second-order valence-corrected chi connectivity index (χ2v) is 10.9. The van der Waals surface area contributed by atoms with E-state index in [0.717, 1.165) is 17.1 Å². The van der Waals surface area contributed by atoms with Crippen LogP contribution in [0.4, 0.5) is 0 Å². The molecular weight excluding hydrogens is 510 g/mol. The SMILES string of the molecule is CC(C)C(=O)[C@H](CCCNC(N)O)NC(=O)[C@@H](NC(=O)[C@H](CCN1C(=O)C=CC1=O)S(=O)(=O)O)C(C)C. The number of aliphatic hydroxyl groups excluding tert-OH is 1. The van der Waals surface area contributed by atoms with Crippen molar-refractivity contribution < 1.29 is 42.0 Å². The molecule has 0 saturated carbocycles. The largest absolute Gasteiger partial charge is 0.366 e. The minimum absolute atomic E-state index is 0.209. The summed E-state index contributed by atoms with van der Waals surface area (Å²) in [6, 6.07) is -2.18. The van der Waals surface area contributed by atoms with Crippen LogP contribution in [0.5, 0.6) is 0 Å². The van der Waals surface area contributed by atoms with E-state index >= 15 is 0 Å². The highest BCUT2D eigenvalue weighted by Gasteiger charge is 2.37. The van der Waals surface area contributed by atoms with Crippen molar-refractivity contribution in [3.05, 3.63) is 12.2 Å². The Labute approximate surface area is 216 Å². The number of nitrogens with one attached hydrogen (secondary N) is 3. The Morgan fingerprint density at radius 2 is 1.57 bits per heavy atom. The van der Waals surface area contributed by atoms with Crippen LogP contribution in [0.1, 0.15) is 47.0 Å². The first-order valence-corrected chi connectivity index (χ1v) is 13.4. The van der Waals surface area contributed by atoms with Crippen molar-refractivity contribution in [3.63, 3.8) is 0 Å². The summed E-state index contributed by atoms with van der Waals surface area (Å²) in [6.07, 6.45) is 0.749. The number of hydrogen-bond donors (Lipinski definition) is 6. The van der Waals surface area contributed by atoms with Crippen LogP contribution in [0.15, 0.2) is 12.2 Å². The molecule has 1 aliphatic heterocycles. The molecule has 1 unspecified atom stereocenters. The van der Waals surface area contributed by atoms with Gasteiger partial charge in [-0.25, -0.2) is 0 Å². The summed E-state index contributed by atoms with van der Waals surface area (Å²) in [5.41, 5.74) is 5.21. The molecule has 15 heteroatoms. The van der Waals surface area contributed by atoms with Gasteiger partial charge in [-0.3, -0.25) is 44.5 Å². The lowest BCUT2D eigenvalue weighted by molar-refractivity contribution is -0.137. The smallest absolute Gasteiger partial charge is 0.277 e. The maximum Gasteiger partial charge on any atom is 0.277 e. The average Bonchev–Trinajstić information content (AvgIpc) is 3.09. The van der Waals surface area contributed by atoms with Gasteiger partial charge in [-0.2, -0.15) is 8.42 Å². The number of hydrogen-bond acceptors (Lipinski definition) is 10. The van der Waals surface area contributed by atoms with Gasteiger partial charge in [0, 0.05) is 24.6 Å². The Bertz CT molecular complexity index is 977. The normalized spacial score (nSPS) is 17.2. The second kappa shape index (κ2) is 14.3. The molecule has 37 heavy (non-hydrogen) atoms. The molecule has 0 aromatic heterocycles. The Hall–Kier alpha value is -2.72. The van der Waals surface area contributed by atoms with Gasteiger partial charge in [-0.15, -0.1) is 0 Å². The lowest BCUT2D eigenvalue weighted by Gasteiger charge is -2.27. The molecule has 0 spiro atoms. The van der Waals surface area contributed by atoms with Crippen LogP contribution in [0.2, 0.25) is 0 Å². The number of carbonyl (C=O) groups excluding carboxylic acids is 5. The van der Waals surface area contributed by atoms with Crippen molar-refractivity contribution in [2.24, 2.45) is 17.6 Å². The van der Waals surface area contributed by atoms with Crippen LogP contribution < -0.4 is 21.7 Å². The third kappa shape index (κ3) is 10.3. The fraction of sp³-hybridized carbons (Fsp3) is 0.682. The molecule has 0 aromatic carbocycles. The van der Waals surface area contributed by atoms with Crippen LogP contribution >= 0.6 is 0 Å².